The fraction of sp³-hybridized carbons (Fsp3) is 0.750. The van der Waals surface area contributed by atoms with Gasteiger partial charge in [-0.25, -0.2) is 0 Å². The molecule has 96 valence electrons. The second-order valence-corrected chi connectivity index (χ2v) is 7.15. The summed E-state index contributed by atoms with van der Waals surface area (Å²) < 4.78 is 25.8. The van der Waals surface area contributed by atoms with E-state index in [4.69, 9.17) is 0 Å². The Kier molecular flexibility index (Phi) is 3.19. The highest BCUT2D eigenvalue weighted by Crippen LogP contribution is 2.27. The Morgan fingerprint density at radius 3 is 2.29 bits per heavy atom. The average Bonchev–Trinajstić information content (AvgIpc) is 2.46. The number of hydrogen-bond donors (Lipinski definition) is 0. The SMILES string of the molecule is CN(C)S(=O)(=O)N1CC(N2C(=O)CSC2=O)C1. The Balaban J connectivity index is 2.00. The van der Waals surface area contributed by atoms with Crippen LogP contribution in [0.1, 0.15) is 0 Å². The lowest BCUT2D eigenvalue weighted by Gasteiger charge is -2.42. The van der Waals surface area contributed by atoms with Gasteiger partial charge in [0, 0.05) is 27.2 Å². The lowest BCUT2D eigenvalue weighted by Crippen LogP contribution is -2.63. The van der Waals surface area contributed by atoms with Crippen LogP contribution in [0.2, 0.25) is 0 Å². The Morgan fingerprint density at radius 1 is 1.29 bits per heavy atom. The van der Waals surface area contributed by atoms with Crippen LogP contribution < -0.4 is 0 Å². The predicted molar refractivity (Wildman–Crippen MR) is 62.7 cm³/mol. The number of thioether (sulfide) groups is 1. The van der Waals surface area contributed by atoms with E-state index in [2.05, 4.69) is 0 Å². The van der Waals surface area contributed by atoms with Gasteiger partial charge in [0.2, 0.25) is 5.91 Å². The maximum Gasteiger partial charge on any atom is 0.289 e. The molecule has 0 atom stereocenters. The summed E-state index contributed by atoms with van der Waals surface area (Å²) in [5, 5.41) is -0.276. The third kappa shape index (κ3) is 2.07. The number of rotatable bonds is 3. The maximum absolute atomic E-state index is 11.7. The van der Waals surface area contributed by atoms with E-state index in [1.807, 2.05) is 0 Å². The lowest BCUT2D eigenvalue weighted by molar-refractivity contribution is -0.127. The van der Waals surface area contributed by atoms with E-state index in [1.165, 1.54) is 23.3 Å². The van der Waals surface area contributed by atoms with E-state index in [9.17, 15) is 18.0 Å². The molecule has 0 aromatic heterocycles. The summed E-state index contributed by atoms with van der Waals surface area (Å²) in [6.07, 6.45) is 0. The molecule has 2 rings (SSSR count). The van der Waals surface area contributed by atoms with E-state index in [-0.39, 0.29) is 36.0 Å². The van der Waals surface area contributed by atoms with Crippen LogP contribution in [0.4, 0.5) is 4.79 Å². The molecule has 17 heavy (non-hydrogen) atoms. The van der Waals surface area contributed by atoms with E-state index in [0.29, 0.717) is 0 Å². The van der Waals surface area contributed by atoms with E-state index in [1.54, 1.807) is 0 Å². The van der Waals surface area contributed by atoms with Gasteiger partial charge in [-0.05, 0) is 0 Å². The van der Waals surface area contributed by atoms with Gasteiger partial charge in [-0.15, -0.1) is 0 Å². The molecule has 2 amide bonds. The zero-order valence-electron chi connectivity index (χ0n) is 9.49. The standard InChI is InChI=1S/C8H13N3O4S2/c1-9(2)17(14,15)10-3-6(4-10)11-7(12)5-16-8(11)13/h6H,3-5H2,1-2H3. The molecule has 7 nitrogen and oxygen atoms in total. The van der Waals surface area contributed by atoms with Crippen LogP contribution in [-0.2, 0) is 15.0 Å². The molecule has 0 radical (unpaired) electrons. The van der Waals surface area contributed by atoms with Crippen molar-refractivity contribution in [1.29, 1.82) is 0 Å². The van der Waals surface area contributed by atoms with Crippen LogP contribution >= 0.6 is 11.8 Å². The van der Waals surface area contributed by atoms with Crippen molar-refractivity contribution in [2.45, 2.75) is 6.04 Å². The van der Waals surface area contributed by atoms with Crippen molar-refractivity contribution in [3.8, 4) is 0 Å². The quantitative estimate of drug-likeness (QED) is 0.674. The molecule has 0 aromatic carbocycles. The topological polar surface area (TPSA) is 78.0 Å². The molecular weight excluding hydrogens is 266 g/mol. The minimum absolute atomic E-state index is 0.162. The smallest absolute Gasteiger partial charge is 0.273 e. The van der Waals surface area contributed by atoms with Crippen molar-refractivity contribution >= 4 is 33.1 Å². The van der Waals surface area contributed by atoms with Gasteiger partial charge < -0.3 is 0 Å². The Labute approximate surface area is 104 Å². The van der Waals surface area contributed by atoms with Gasteiger partial charge in [-0.2, -0.15) is 17.0 Å². The molecule has 2 fully saturated rings. The minimum Gasteiger partial charge on any atom is -0.273 e. The summed E-state index contributed by atoms with van der Waals surface area (Å²) in [5.74, 6) is -0.0673. The summed E-state index contributed by atoms with van der Waals surface area (Å²) in [4.78, 5) is 24.0. The Morgan fingerprint density at radius 2 is 1.88 bits per heavy atom. The van der Waals surface area contributed by atoms with Gasteiger partial charge in [0.05, 0.1) is 11.8 Å². The van der Waals surface area contributed by atoms with Crippen LogP contribution in [-0.4, -0.2) is 72.1 Å². The number of amides is 2. The third-order valence-corrected chi connectivity index (χ3v) is 5.47. The van der Waals surface area contributed by atoms with Crippen LogP contribution in [0.15, 0.2) is 0 Å². The van der Waals surface area contributed by atoms with Gasteiger partial charge in [0.15, 0.2) is 0 Å². The van der Waals surface area contributed by atoms with Crippen molar-refractivity contribution in [2.75, 3.05) is 32.9 Å². The summed E-state index contributed by atoms with van der Waals surface area (Å²) in [5.41, 5.74) is 0. The van der Waals surface area contributed by atoms with Gasteiger partial charge in [-0.3, -0.25) is 14.5 Å². The Bertz CT molecular complexity index is 439. The highest BCUT2D eigenvalue weighted by molar-refractivity contribution is 8.14. The van der Waals surface area contributed by atoms with Crippen molar-refractivity contribution in [3.05, 3.63) is 0 Å². The predicted octanol–water partition coefficient (Wildman–Crippen LogP) is -0.828. The van der Waals surface area contributed by atoms with Gasteiger partial charge in [0.25, 0.3) is 15.4 Å². The largest absolute Gasteiger partial charge is 0.289 e. The van der Waals surface area contributed by atoms with Gasteiger partial charge in [0.1, 0.15) is 0 Å². The van der Waals surface area contributed by atoms with Crippen molar-refractivity contribution in [1.82, 2.24) is 13.5 Å². The van der Waals surface area contributed by atoms with Gasteiger partial charge >= 0.3 is 0 Å². The molecule has 0 N–H and O–H groups in total. The first-order chi connectivity index (χ1) is 7.84. The first kappa shape index (κ1) is 12.8. The van der Waals surface area contributed by atoms with Gasteiger partial charge in [-0.1, -0.05) is 11.8 Å². The summed E-state index contributed by atoms with van der Waals surface area (Å²) in [6.45, 7) is 0.386. The summed E-state index contributed by atoms with van der Waals surface area (Å²) in [6, 6.07) is -0.306. The van der Waals surface area contributed by atoms with E-state index < -0.39 is 10.2 Å². The van der Waals surface area contributed by atoms with Crippen LogP contribution in [0.25, 0.3) is 0 Å². The zero-order chi connectivity index (χ0) is 12.8. The van der Waals surface area contributed by atoms with Crippen LogP contribution in [0.3, 0.4) is 0 Å². The monoisotopic (exact) mass is 279 g/mol. The fourth-order valence-corrected chi connectivity index (χ4v) is 3.68. The molecule has 0 aromatic rings. The first-order valence-corrected chi connectivity index (χ1v) is 7.38. The zero-order valence-corrected chi connectivity index (χ0v) is 11.1. The average molecular weight is 279 g/mol. The molecule has 2 saturated heterocycles. The molecular formula is C8H13N3O4S2. The third-order valence-electron chi connectivity index (χ3n) is 2.77. The highest BCUT2D eigenvalue weighted by atomic mass is 32.2. The molecule has 0 saturated carbocycles. The lowest BCUT2D eigenvalue weighted by atomic mass is 10.1. The normalized spacial score (nSPS) is 23.6. The van der Waals surface area contributed by atoms with Crippen molar-refractivity contribution in [3.63, 3.8) is 0 Å². The number of nitrogens with zero attached hydrogens (tertiary/aromatic N) is 3. The number of hydrogen-bond acceptors (Lipinski definition) is 5. The molecule has 0 aliphatic carbocycles. The van der Waals surface area contributed by atoms with E-state index >= 15 is 0 Å². The Hall–Kier alpha value is -0.640. The van der Waals surface area contributed by atoms with Crippen molar-refractivity contribution < 1.29 is 18.0 Å². The summed E-state index contributed by atoms with van der Waals surface area (Å²) in [7, 11) is -0.529. The summed E-state index contributed by atoms with van der Waals surface area (Å²) >= 11 is 0.965. The molecule has 2 aliphatic rings. The number of imide groups is 1. The van der Waals surface area contributed by atoms with Crippen molar-refractivity contribution in [2.24, 2.45) is 0 Å². The molecule has 2 aliphatic heterocycles. The minimum atomic E-state index is -3.43. The van der Waals surface area contributed by atoms with Crippen LogP contribution in [0, 0.1) is 0 Å². The molecule has 9 heteroatoms. The van der Waals surface area contributed by atoms with Crippen LogP contribution in [0.5, 0.6) is 0 Å². The second-order valence-electron chi connectivity index (χ2n) is 4.08. The molecule has 0 spiro atoms. The highest BCUT2D eigenvalue weighted by Gasteiger charge is 2.46. The molecule has 0 bridgehead atoms. The maximum atomic E-state index is 11.7. The number of carbonyl (C=O) groups is 2. The number of carbonyl (C=O) groups excluding carboxylic acids is 2. The van der Waals surface area contributed by atoms with E-state index in [0.717, 1.165) is 16.1 Å². The molecule has 2 heterocycles. The first-order valence-electron chi connectivity index (χ1n) is 5.00. The fourth-order valence-electron chi connectivity index (χ4n) is 1.72. The second kappa shape index (κ2) is 4.23. The molecule has 0 unspecified atom stereocenters.